The van der Waals surface area contributed by atoms with Gasteiger partial charge in [-0.15, -0.1) is 0 Å². The van der Waals surface area contributed by atoms with E-state index < -0.39 is 5.97 Å². The molecule has 1 rings (SSSR count). The number of nitriles is 1. The number of hydrogen-bond donors (Lipinski definition) is 0. The first-order valence-electron chi connectivity index (χ1n) is 5.47. The van der Waals surface area contributed by atoms with Gasteiger partial charge in [-0.3, -0.25) is 4.98 Å². The monoisotopic (exact) mass is 230 g/mol. The summed E-state index contributed by atoms with van der Waals surface area (Å²) in [5, 5.41) is 8.87. The number of pyridine rings is 1. The second-order valence-electron chi connectivity index (χ2n) is 3.45. The van der Waals surface area contributed by atoms with Crippen LogP contribution in [-0.2, 0) is 9.53 Å². The van der Waals surface area contributed by atoms with Gasteiger partial charge in [0.15, 0.2) is 0 Å². The van der Waals surface area contributed by atoms with Gasteiger partial charge in [-0.05, 0) is 24.1 Å². The molecule has 0 spiro atoms. The molecule has 0 aliphatic rings. The highest BCUT2D eigenvalue weighted by Gasteiger charge is 2.09. The van der Waals surface area contributed by atoms with Gasteiger partial charge in [0, 0.05) is 12.4 Å². The summed E-state index contributed by atoms with van der Waals surface area (Å²) >= 11 is 0. The molecule has 0 saturated carbocycles. The number of rotatable bonds is 5. The minimum absolute atomic E-state index is 0.00546. The van der Waals surface area contributed by atoms with Crippen molar-refractivity contribution in [3.05, 3.63) is 35.7 Å². The molecule has 1 aromatic heterocycles. The molecule has 0 N–H and O–H groups in total. The number of carbonyl (C=O) groups excluding carboxylic acids is 1. The quantitative estimate of drug-likeness (QED) is 0.337. The maximum atomic E-state index is 11.5. The van der Waals surface area contributed by atoms with Crippen molar-refractivity contribution in [2.45, 2.75) is 19.8 Å². The molecule has 4 heteroatoms. The normalized spacial score (nSPS) is 10.7. The van der Waals surface area contributed by atoms with Crippen LogP contribution in [0.15, 0.2) is 30.1 Å². The maximum absolute atomic E-state index is 11.5. The second kappa shape index (κ2) is 7.18. The van der Waals surface area contributed by atoms with Gasteiger partial charge in [-0.1, -0.05) is 19.4 Å². The SMILES string of the molecule is CCCCOC(=O)/C(C#N)=C\c1cccnc1. The molecular formula is C13H14N2O2. The lowest BCUT2D eigenvalue weighted by Crippen LogP contribution is -2.07. The van der Waals surface area contributed by atoms with Gasteiger partial charge in [0.25, 0.3) is 0 Å². The lowest BCUT2D eigenvalue weighted by atomic mass is 10.2. The highest BCUT2D eigenvalue weighted by atomic mass is 16.5. The fourth-order valence-electron chi connectivity index (χ4n) is 1.15. The van der Waals surface area contributed by atoms with Crippen molar-refractivity contribution in [2.24, 2.45) is 0 Å². The number of ether oxygens (including phenoxy) is 1. The number of nitrogens with zero attached hydrogens (tertiary/aromatic N) is 2. The molecule has 0 aliphatic heterocycles. The third kappa shape index (κ3) is 4.47. The molecule has 1 aromatic rings. The van der Waals surface area contributed by atoms with Crippen LogP contribution in [-0.4, -0.2) is 17.6 Å². The zero-order valence-electron chi connectivity index (χ0n) is 9.72. The number of hydrogen-bond acceptors (Lipinski definition) is 4. The number of carbonyl (C=O) groups is 1. The minimum Gasteiger partial charge on any atom is -0.462 e. The van der Waals surface area contributed by atoms with E-state index in [0.29, 0.717) is 12.2 Å². The summed E-state index contributed by atoms with van der Waals surface area (Å²) in [6.07, 6.45) is 6.43. The third-order valence-electron chi connectivity index (χ3n) is 2.07. The smallest absolute Gasteiger partial charge is 0.348 e. The Hall–Kier alpha value is -2.15. The number of aromatic nitrogens is 1. The van der Waals surface area contributed by atoms with Crippen LogP contribution >= 0.6 is 0 Å². The highest BCUT2D eigenvalue weighted by molar-refractivity contribution is 5.97. The summed E-state index contributed by atoms with van der Waals surface area (Å²) < 4.78 is 4.96. The van der Waals surface area contributed by atoms with E-state index in [1.165, 1.54) is 6.08 Å². The molecule has 17 heavy (non-hydrogen) atoms. The standard InChI is InChI=1S/C13H14N2O2/c1-2-3-7-17-13(16)12(9-14)8-11-5-4-6-15-10-11/h4-6,8,10H,2-3,7H2,1H3/b12-8-. The number of unbranched alkanes of at least 4 members (excludes halogenated alkanes) is 1. The largest absolute Gasteiger partial charge is 0.462 e. The van der Waals surface area contributed by atoms with E-state index >= 15 is 0 Å². The predicted molar refractivity (Wildman–Crippen MR) is 63.7 cm³/mol. The average Bonchev–Trinajstić information content (AvgIpc) is 2.37. The fourth-order valence-corrected chi connectivity index (χ4v) is 1.15. The predicted octanol–water partition coefficient (Wildman–Crippen LogP) is 2.33. The van der Waals surface area contributed by atoms with Gasteiger partial charge in [-0.2, -0.15) is 5.26 Å². The lowest BCUT2D eigenvalue weighted by molar-refractivity contribution is -0.138. The summed E-state index contributed by atoms with van der Waals surface area (Å²) in [5.41, 5.74) is 0.700. The van der Waals surface area contributed by atoms with E-state index in [-0.39, 0.29) is 5.57 Å². The van der Waals surface area contributed by atoms with Crippen LogP contribution in [0.2, 0.25) is 0 Å². The first-order chi connectivity index (χ1) is 8.27. The van der Waals surface area contributed by atoms with Gasteiger partial charge >= 0.3 is 5.97 Å². The van der Waals surface area contributed by atoms with Gasteiger partial charge in [0.1, 0.15) is 11.6 Å². The number of esters is 1. The highest BCUT2D eigenvalue weighted by Crippen LogP contribution is 2.06. The Morgan fingerprint density at radius 1 is 1.65 bits per heavy atom. The molecule has 0 amide bonds. The Bertz CT molecular complexity index is 432. The van der Waals surface area contributed by atoms with Gasteiger partial charge in [-0.25, -0.2) is 4.79 Å². The zero-order valence-corrected chi connectivity index (χ0v) is 9.72. The van der Waals surface area contributed by atoms with Crippen molar-refractivity contribution < 1.29 is 9.53 Å². The molecule has 88 valence electrons. The molecule has 0 atom stereocenters. The molecule has 1 heterocycles. The topological polar surface area (TPSA) is 63.0 Å². The first-order valence-corrected chi connectivity index (χ1v) is 5.47. The Labute approximate surface area is 101 Å². The van der Waals surface area contributed by atoms with Crippen LogP contribution in [0, 0.1) is 11.3 Å². The van der Waals surface area contributed by atoms with Crippen LogP contribution in [0.25, 0.3) is 6.08 Å². The molecule has 0 aliphatic carbocycles. The summed E-state index contributed by atoms with van der Waals surface area (Å²) in [4.78, 5) is 15.4. The third-order valence-corrected chi connectivity index (χ3v) is 2.07. The van der Waals surface area contributed by atoms with Gasteiger partial charge in [0.05, 0.1) is 6.61 Å². The Morgan fingerprint density at radius 3 is 3.06 bits per heavy atom. The summed E-state index contributed by atoms with van der Waals surface area (Å²) in [6, 6.07) is 5.34. The van der Waals surface area contributed by atoms with Crippen molar-refractivity contribution in [3.63, 3.8) is 0 Å². The molecule has 0 radical (unpaired) electrons. The summed E-state index contributed by atoms with van der Waals surface area (Å²) in [6.45, 7) is 2.35. The summed E-state index contributed by atoms with van der Waals surface area (Å²) in [7, 11) is 0. The Kier molecular flexibility index (Phi) is 5.45. The van der Waals surface area contributed by atoms with Crippen molar-refractivity contribution in [1.82, 2.24) is 4.98 Å². The summed E-state index contributed by atoms with van der Waals surface area (Å²) in [5.74, 6) is -0.579. The van der Waals surface area contributed by atoms with Crippen LogP contribution in [0.1, 0.15) is 25.3 Å². The van der Waals surface area contributed by atoms with E-state index in [4.69, 9.17) is 10.00 Å². The van der Waals surface area contributed by atoms with E-state index in [1.807, 2.05) is 13.0 Å². The molecule has 0 unspecified atom stereocenters. The molecule has 0 saturated heterocycles. The van der Waals surface area contributed by atoms with Crippen molar-refractivity contribution in [3.8, 4) is 6.07 Å². The van der Waals surface area contributed by atoms with Gasteiger partial charge < -0.3 is 4.74 Å². The van der Waals surface area contributed by atoms with Crippen molar-refractivity contribution >= 4 is 12.0 Å². The van der Waals surface area contributed by atoms with Crippen LogP contribution in [0.4, 0.5) is 0 Å². The Balaban J connectivity index is 2.69. The van der Waals surface area contributed by atoms with Crippen LogP contribution < -0.4 is 0 Å². The van der Waals surface area contributed by atoms with E-state index in [9.17, 15) is 4.79 Å². The molecule has 0 aromatic carbocycles. The molecular weight excluding hydrogens is 216 g/mol. The van der Waals surface area contributed by atoms with E-state index in [1.54, 1.807) is 24.5 Å². The Morgan fingerprint density at radius 2 is 2.47 bits per heavy atom. The molecule has 0 fully saturated rings. The van der Waals surface area contributed by atoms with Crippen molar-refractivity contribution in [1.29, 1.82) is 5.26 Å². The minimum atomic E-state index is -0.579. The zero-order chi connectivity index (χ0) is 12.5. The lowest BCUT2D eigenvalue weighted by Gasteiger charge is -2.02. The first kappa shape index (κ1) is 12.9. The fraction of sp³-hybridized carbons (Fsp3) is 0.308. The van der Waals surface area contributed by atoms with Crippen molar-refractivity contribution in [2.75, 3.05) is 6.61 Å². The van der Waals surface area contributed by atoms with E-state index in [0.717, 1.165) is 12.8 Å². The second-order valence-corrected chi connectivity index (χ2v) is 3.45. The van der Waals surface area contributed by atoms with Crippen LogP contribution in [0.5, 0.6) is 0 Å². The van der Waals surface area contributed by atoms with Crippen LogP contribution in [0.3, 0.4) is 0 Å². The maximum Gasteiger partial charge on any atom is 0.348 e. The van der Waals surface area contributed by atoms with Gasteiger partial charge in [0.2, 0.25) is 0 Å². The molecule has 4 nitrogen and oxygen atoms in total. The van der Waals surface area contributed by atoms with E-state index in [2.05, 4.69) is 4.98 Å². The average molecular weight is 230 g/mol. The molecule has 0 bridgehead atoms.